The molecule has 0 aromatic heterocycles. The second-order valence-corrected chi connectivity index (χ2v) is 8.63. The molecule has 4 rings (SSSR count). The first-order chi connectivity index (χ1) is 17.0. The van der Waals surface area contributed by atoms with E-state index in [0.29, 0.717) is 17.8 Å². The first-order valence-corrected chi connectivity index (χ1v) is 10.5. The summed E-state index contributed by atoms with van der Waals surface area (Å²) < 4.78 is 56.0. The summed E-state index contributed by atoms with van der Waals surface area (Å²) in [5.74, 6) is -0.702. The maximum atomic E-state index is 12.7. The van der Waals surface area contributed by atoms with E-state index in [2.05, 4.69) is 51.8 Å². The van der Waals surface area contributed by atoms with Gasteiger partial charge in [0, 0.05) is 46.0 Å². The third-order valence-electron chi connectivity index (χ3n) is 5.14. The summed E-state index contributed by atoms with van der Waals surface area (Å²) in [7, 11) is 1.48. The first-order valence-electron chi connectivity index (χ1n) is 9.25. The molecule has 2 bridgehead atoms. The van der Waals surface area contributed by atoms with Gasteiger partial charge in [0.25, 0.3) is 0 Å². The Morgan fingerprint density at radius 2 is 1.44 bits per heavy atom. The predicted octanol–water partition coefficient (Wildman–Crippen LogP) is 1.66. The number of benzene rings is 1. The van der Waals surface area contributed by atoms with Crippen LogP contribution in [-0.2, 0) is 73.9 Å². The third-order valence-corrected chi connectivity index (χ3v) is 7.82. The zero-order chi connectivity index (χ0) is 27.9. The monoisotopic (exact) mass is 685 g/mol. The number of carbonyl (C=O) groups excluding carboxylic acids is 2. The van der Waals surface area contributed by atoms with Gasteiger partial charge in [-0.1, -0.05) is 38.1 Å². The van der Waals surface area contributed by atoms with Crippen molar-refractivity contribution in [3.05, 3.63) is 74.0 Å². The van der Waals surface area contributed by atoms with Crippen molar-refractivity contribution < 1.29 is 68.1 Å². The van der Waals surface area contributed by atoms with E-state index in [1.165, 1.54) is 14.2 Å². The molecule has 3 aliphatic rings. The molecule has 188 valence electrons. The SMILES string of the molecule is COC(=O)C1=C(C(=O)OC)[C@@]23OC[C@H](C(C)C)N2P1c1ccccc13.[C-]#[O+].[C-]#[O+].[C-]#[O+].[C-]#[O+].[C-]#[O+].[W]. The zero-order valence-electron chi connectivity index (χ0n) is 19.6. The van der Waals surface area contributed by atoms with Crippen LogP contribution in [0, 0.1) is 39.2 Å². The summed E-state index contributed by atoms with van der Waals surface area (Å²) in [5.41, 5.74) is 0.195. The fraction of sp³-hybridized carbons (Fsp3) is 0.348. The number of hydrogen-bond donors (Lipinski definition) is 0. The van der Waals surface area contributed by atoms with Crippen LogP contribution in [0.1, 0.15) is 19.4 Å². The number of fused-ring (bicyclic) bond motifs is 2. The van der Waals surface area contributed by atoms with Gasteiger partial charge in [0.1, 0.15) is 5.57 Å². The van der Waals surface area contributed by atoms with E-state index in [0.717, 1.165) is 10.9 Å². The van der Waals surface area contributed by atoms with Crippen LogP contribution in [-0.4, -0.2) is 43.5 Å². The van der Waals surface area contributed by atoms with Crippen molar-refractivity contribution >= 4 is 25.3 Å². The molecule has 0 amide bonds. The molecule has 11 nitrogen and oxygen atoms in total. The molecular weight excluding hydrogens is 665 g/mol. The Bertz CT molecular complexity index is 995. The van der Waals surface area contributed by atoms with E-state index < -0.39 is 25.7 Å². The summed E-state index contributed by atoms with van der Waals surface area (Å²) in [6.07, 6.45) is 0. The van der Waals surface area contributed by atoms with Crippen molar-refractivity contribution in [1.82, 2.24) is 4.67 Å². The quantitative estimate of drug-likeness (QED) is 0.203. The molecule has 3 atom stereocenters. The van der Waals surface area contributed by atoms with Crippen molar-refractivity contribution in [1.29, 1.82) is 0 Å². The Labute approximate surface area is 224 Å². The van der Waals surface area contributed by atoms with Crippen LogP contribution in [0.4, 0.5) is 0 Å². The van der Waals surface area contributed by atoms with Gasteiger partial charge < -0.3 is 14.2 Å². The second kappa shape index (κ2) is 18.8. The number of rotatable bonds is 3. The molecule has 0 saturated carbocycles. The van der Waals surface area contributed by atoms with Gasteiger partial charge in [0.05, 0.1) is 26.1 Å². The summed E-state index contributed by atoms with van der Waals surface area (Å²) in [6.45, 7) is 27.3. The maximum absolute atomic E-state index is 12.7. The van der Waals surface area contributed by atoms with Gasteiger partial charge in [0.2, 0.25) is 0 Å². The van der Waals surface area contributed by atoms with Crippen LogP contribution in [0.5, 0.6) is 0 Å². The maximum Gasteiger partial charge on any atom is 0 e. The number of ether oxygens (including phenoxy) is 3. The molecule has 1 fully saturated rings. The van der Waals surface area contributed by atoms with Gasteiger partial charge in [-0.25, -0.2) is 14.3 Å². The van der Waals surface area contributed by atoms with Crippen molar-refractivity contribution in [3.63, 3.8) is 0 Å². The Morgan fingerprint density at radius 3 is 1.89 bits per heavy atom. The fourth-order valence-electron chi connectivity index (χ4n) is 4.04. The van der Waals surface area contributed by atoms with E-state index in [1.807, 2.05) is 24.3 Å². The summed E-state index contributed by atoms with van der Waals surface area (Å²) in [4.78, 5) is 25.3. The van der Waals surface area contributed by atoms with E-state index in [4.69, 9.17) is 37.5 Å². The summed E-state index contributed by atoms with van der Waals surface area (Å²) in [5, 5.41) is 1.45. The zero-order valence-corrected chi connectivity index (χ0v) is 23.4. The van der Waals surface area contributed by atoms with Crippen LogP contribution in [0.25, 0.3) is 0 Å². The Morgan fingerprint density at radius 1 is 0.972 bits per heavy atom. The molecule has 1 saturated heterocycles. The predicted molar refractivity (Wildman–Crippen MR) is 112 cm³/mol. The smallest absolute Gasteiger partial charge is 0 e. The largest absolute Gasteiger partial charge is 0 e. The van der Waals surface area contributed by atoms with Crippen LogP contribution >= 0.6 is 8.07 Å². The number of nitrogens with zero attached hydrogens (tertiary/aromatic N) is 1. The van der Waals surface area contributed by atoms with Crippen LogP contribution in [0.3, 0.4) is 0 Å². The third kappa shape index (κ3) is 6.30. The van der Waals surface area contributed by atoms with Gasteiger partial charge in [-0.05, 0) is 5.92 Å². The van der Waals surface area contributed by atoms with Crippen molar-refractivity contribution in [2.75, 3.05) is 20.8 Å². The fourth-order valence-corrected chi connectivity index (χ4v) is 7.31. The summed E-state index contributed by atoms with van der Waals surface area (Å²) in [6, 6.07) is 7.98. The Kier molecular flexibility index (Phi) is 20.0. The van der Waals surface area contributed by atoms with E-state index in [9.17, 15) is 9.59 Å². The minimum atomic E-state index is -1.18. The average molecular weight is 685 g/mol. The van der Waals surface area contributed by atoms with Gasteiger partial charge in [-0.2, -0.15) is 0 Å². The molecule has 0 aliphatic carbocycles. The Balaban J connectivity index is -0.000000889. The molecule has 3 aliphatic heterocycles. The molecule has 36 heavy (non-hydrogen) atoms. The van der Waals surface area contributed by atoms with Crippen LogP contribution in [0.15, 0.2) is 35.2 Å². The van der Waals surface area contributed by atoms with Crippen molar-refractivity contribution in [2.45, 2.75) is 25.6 Å². The molecule has 3 heterocycles. The molecule has 1 aromatic rings. The number of esters is 2. The minimum Gasteiger partial charge on any atom is 0 e. The molecule has 0 radical (unpaired) electrons. The van der Waals surface area contributed by atoms with E-state index in [1.54, 1.807) is 0 Å². The molecule has 0 spiro atoms. The van der Waals surface area contributed by atoms with E-state index in [-0.39, 0.29) is 32.7 Å². The Hall–Kier alpha value is -2.36. The number of carbonyl (C=O) groups is 2. The standard InChI is InChI=1S/C18H20NO5P.5CO.W/c1-10(2)12-9-24-18-11-7-5-6-8-13(11)25(19(12)18)15(17(21)23-4)14(18)16(20)22-3;5*1-2;/h5-8,10,12H,9H2,1-4H3;;;;;;/t12-,18-,25?;;;;;;/m1....../s1. The molecule has 1 unspecified atom stereocenters. The van der Waals surface area contributed by atoms with Crippen LogP contribution in [0.2, 0.25) is 0 Å². The van der Waals surface area contributed by atoms with E-state index >= 15 is 0 Å². The summed E-state index contributed by atoms with van der Waals surface area (Å²) >= 11 is 0. The normalized spacial score (nSPS) is 21.0. The second-order valence-electron chi connectivity index (χ2n) is 6.65. The number of methoxy groups -OCH3 is 2. The molecule has 13 heteroatoms. The number of hydrogen-bond acceptors (Lipinski definition) is 6. The molecule has 1 aromatic carbocycles. The minimum absolute atomic E-state index is 0. The molecular formula is C23H20NO10PW. The van der Waals surface area contributed by atoms with Gasteiger partial charge in [-0.15, -0.1) is 0 Å². The van der Waals surface area contributed by atoms with Crippen LogP contribution < -0.4 is 5.30 Å². The van der Waals surface area contributed by atoms with Gasteiger partial charge in [0.15, 0.2) is 5.72 Å². The first kappa shape index (κ1) is 38.2. The van der Waals surface area contributed by atoms with Gasteiger partial charge >= 0.3 is 68.5 Å². The van der Waals surface area contributed by atoms with Crippen molar-refractivity contribution in [3.8, 4) is 0 Å². The van der Waals surface area contributed by atoms with Crippen molar-refractivity contribution in [2.24, 2.45) is 5.92 Å². The topological polar surface area (TPSA) is 165 Å². The molecule has 0 N–H and O–H groups in total. The van der Waals surface area contributed by atoms with Gasteiger partial charge in [-0.3, -0.25) is 0 Å². The average Bonchev–Trinajstić information content (AvgIpc) is 3.56.